The van der Waals surface area contributed by atoms with Crippen LogP contribution in [0, 0.1) is 13.8 Å². The van der Waals surface area contributed by atoms with Crippen LogP contribution in [-0.2, 0) is 0 Å². The van der Waals surface area contributed by atoms with Crippen LogP contribution in [0.5, 0.6) is 0 Å². The summed E-state index contributed by atoms with van der Waals surface area (Å²) in [6.45, 7) is 3.88. The number of carbonyl (C=O) groups is 1. The van der Waals surface area contributed by atoms with Crippen molar-refractivity contribution in [3.05, 3.63) is 93.5 Å². The standard InChI is InChI=1S/C21H18ClN5OS/c1-13-10-14(2)27(26-13)21-24-18(12-29-21)20(28)25-19(16-4-3-9-23-11-16)15-5-7-17(22)8-6-15/h3-12,19H,1-2H3,(H,25,28)/t19-/m0/s1. The molecule has 3 heterocycles. The summed E-state index contributed by atoms with van der Waals surface area (Å²) in [5, 5.41) is 10.5. The first-order chi connectivity index (χ1) is 14.0. The minimum absolute atomic E-state index is 0.266. The molecule has 29 heavy (non-hydrogen) atoms. The number of hydrogen-bond acceptors (Lipinski definition) is 5. The van der Waals surface area contributed by atoms with Crippen molar-refractivity contribution in [2.24, 2.45) is 0 Å². The SMILES string of the molecule is Cc1cc(C)n(-c2nc(C(=O)N[C@@H](c3ccc(Cl)cc3)c3cccnc3)cs2)n1. The van der Waals surface area contributed by atoms with Crippen molar-refractivity contribution >= 4 is 28.8 Å². The van der Waals surface area contributed by atoms with Gasteiger partial charge in [-0.25, -0.2) is 9.67 Å². The second kappa shape index (κ2) is 8.14. The molecule has 4 aromatic rings. The molecule has 0 bridgehead atoms. The Balaban J connectivity index is 1.62. The van der Waals surface area contributed by atoms with Crippen molar-refractivity contribution in [3.63, 3.8) is 0 Å². The Bertz CT molecular complexity index is 1140. The number of thiazole rings is 1. The molecule has 1 amide bonds. The molecule has 0 unspecified atom stereocenters. The van der Waals surface area contributed by atoms with Crippen LogP contribution in [0.1, 0.15) is 39.0 Å². The predicted molar refractivity (Wildman–Crippen MR) is 114 cm³/mol. The molecule has 4 rings (SSSR count). The molecule has 0 radical (unpaired) electrons. The van der Waals surface area contributed by atoms with Gasteiger partial charge in [-0.3, -0.25) is 9.78 Å². The zero-order chi connectivity index (χ0) is 20.4. The number of benzene rings is 1. The van der Waals surface area contributed by atoms with E-state index in [1.54, 1.807) is 34.6 Å². The smallest absolute Gasteiger partial charge is 0.271 e. The number of rotatable bonds is 5. The summed E-state index contributed by atoms with van der Waals surface area (Å²) in [6.07, 6.45) is 3.44. The van der Waals surface area contributed by atoms with Crippen LogP contribution in [0.25, 0.3) is 5.13 Å². The highest BCUT2D eigenvalue weighted by molar-refractivity contribution is 7.12. The number of pyridine rings is 1. The van der Waals surface area contributed by atoms with Gasteiger partial charge in [0.1, 0.15) is 5.69 Å². The molecule has 1 aromatic carbocycles. The van der Waals surface area contributed by atoms with Gasteiger partial charge in [-0.2, -0.15) is 5.10 Å². The second-order valence-corrected chi connectivity index (χ2v) is 7.87. The monoisotopic (exact) mass is 423 g/mol. The maximum Gasteiger partial charge on any atom is 0.271 e. The lowest BCUT2D eigenvalue weighted by Gasteiger charge is -2.19. The van der Waals surface area contributed by atoms with Crippen molar-refractivity contribution in [2.45, 2.75) is 19.9 Å². The van der Waals surface area contributed by atoms with Gasteiger partial charge in [0.25, 0.3) is 5.91 Å². The first-order valence-electron chi connectivity index (χ1n) is 8.96. The number of aromatic nitrogens is 4. The highest BCUT2D eigenvalue weighted by Crippen LogP contribution is 2.24. The van der Waals surface area contributed by atoms with E-state index in [1.807, 2.05) is 44.2 Å². The van der Waals surface area contributed by atoms with E-state index in [0.717, 1.165) is 22.5 Å². The molecule has 6 nitrogen and oxygen atoms in total. The number of carbonyl (C=O) groups excluding carboxylic acids is 1. The lowest BCUT2D eigenvalue weighted by atomic mass is 10.00. The summed E-state index contributed by atoms with van der Waals surface area (Å²) in [7, 11) is 0. The zero-order valence-electron chi connectivity index (χ0n) is 15.8. The molecule has 3 aromatic heterocycles. The minimum atomic E-state index is -0.368. The minimum Gasteiger partial charge on any atom is -0.340 e. The lowest BCUT2D eigenvalue weighted by molar-refractivity contribution is 0.0938. The fourth-order valence-corrected chi connectivity index (χ4v) is 3.99. The summed E-state index contributed by atoms with van der Waals surface area (Å²) in [4.78, 5) is 21.6. The molecule has 0 saturated carbocycles. The van der Waals surface area contributed by atoms with Crippen LogP contribution in [0.15, 0.2) is 60.2 Å². The number of nitrogens with zero attached hydrogens (tertiary/aromatic N) is 4. The van der Waals surface area contributed by atoms with E-state index in [0.29, 0.717) is 15.8 Å². The fraction of sp³-hybridized carbons (Fsp3) is 0.143. The third-order valence-electron chi connectivity index (χ3n) is 4.41. The summed E-state index contributed by atoms with van der Waals surface area (Å²) in [5.74, 6) is -0.266. The van der Waals surface area contributed by atoms with Gasteiger partial charge in [0, 0.05) is 28.5 Å². The van der Waals surface area contributed by atoms with Crippen molar-refractivity contribution in [2.75, 3.05) is 0 Å². The van der Waals surface area contributed by atoms with E-state index in [2.05, 4.69) is 20.4 Å². The quantitative estimate of drug-likeness (QED) is 0.512. The molecule has 0 spiro atoms. The molecule has 1 atom stereocenters. The highest BCUT2D eigenvalue weighted by Gasteiger charge is 2.20. The molecule has 8 heteroatoms. The van der Waals surface area contributed by atoms with Gasteiger partial charge in [0.05, 0.1) is 11.7 Å². The number of amides is 1. The molecular formula is C21H18ClN5OS. The van der Waals surface area contributed by atoms with Crippen molar-refractivity contribution < 1.29 is 4.79 Å². The normalized spacial score (nSPS) is 12.0. The fourth-order valence-electron chi connectivity index (χ4n) is 3.05. The van der Waals surface area contributed by atoms with Gasteiger partial charge in [0.2, 0.25) is 5.13 Å². The Kier molecular flexibility index (Phi) is 5.42. The average Bonchev–Trinajstić information content (AvgIpc) is 3.33. The Morgan fingerprint density at radius 3 is 2.62 bits per heavy atom. The first kappa shape index (κ1) is 19.3. The maximum absolute atomic E-state index is 13.0. The van der Waals surface area contributed by atoms with Gasteiger partial charge >= 0.3 is 0 Å². The van der Waals surface area contributed by atoms with E-state index in [-0.39, 0.29) is 11.9 Å². The Morgan fingerprint density at radius 1 is 1.17 bits per heavy atom. The number of halogens is 1. The van der Waals surface area contributed by atoms with E-state index >= 15 is 0 Å². The van der Waals surface area contributed by atoms with Gasteiger partial charge in [-0.15, -0.1) is 11.3 Å². The van der Waals surface area contributed by atoms with E-state index in [1.165, 1.54) is 11.3 Å². The van der Waals surface area contributed by atoms with Crippen LogP contribution in [0.3, 0.4) is 0 Å². The molecule has 0 saturated heterocycles. The van der Waals surface area contributed by atoms with Gasteiger partial charge in [-0.1, -0.05) is 29.8 Å². The summed E-state index contributed by atoms with van der Waals surface area (Å²) in [5.41, 5.74) is 4.00. The largest absolute Gasteiger partial charge is 0.340 e. The van der Waals surface area contributed by atoms with Gasteiger partial charge < -0.3 is 5.32 Å². The summed E-state index contributed by atoms with van der Waals surface area (Å²) >= 11 is 7.40. The molecule has 0 aliphatic heterocycles. The van der Waals surface area contributed by atoms with Crippen LogP contribution in [0.2, 0.25) is 5.02 Å². The third-order valence-corrected chi connectivity index (χ3v) is 5.48. The predicted octanol–water partition coefficient (Wildman–Crippen LogP) is 4.51. The van der Waals surface area contributed by atoms with Crippen LogP contribution < -0.4 is 5.32 Å². The number of nitrogens with one attached hydrogen (secondary N) is 1. The first-order valence-corrected chi connectivity index (χ1v) is 10.2. The molecule has 1 N–H and O–H groups in total. The van der Waals surface area contributed by atoms with Crippen molar-refractivity contribution in [1.29, 1.82) is 0 Å². The molecule has 0 fully saturated rings. The van der Waals surface area contributed by atoms with Gasteiger partial charge in [0.15, 0.2) is 0 Å². The third kappa shape index (κ3) is 4.21. The van der Waals surface area contributed by atoms with E-state index in [4.69, 9.17) is 11.6 Å². The van der Waals surface area contributed by atoms with Crippen molar-refractivity contribution in [1.82, 2.24) is 25.1 Å². The maximum atomic E-state index is 13.0. The van der Waals surface area contributed by atoms with Crippen LogP contribution >= 0.6 is 22.9 Å². The second-order valence-electron chi connectivity index (χ2n) is 6.60. The Hall–Kier alpha value is -3.03. The number of hydrogen-bond donors (Lipinski definition) is 1. The molecule has 0 aliphatic rings. The van der Waals surface area contributed by atoms with E-state index in [9.17, 15) is 4.79 Å². The topological polar surface area (TPSA) is 72.7 Å². The average molecular weight is 424 g/mol. The summed E-state index contributed by atoms with van der Waals surface area (Å²) < 4.78 is 1.74. The van der Waals surface area contributed by atoms with Crippen LogP contribution in [0.4, 0.5) is 0 Å². The highest BCUT2D eigenvalue weighted by atomic mass is 35.5. The lowest BCUT2D eigenvalue weighted by Crippen LogP contribution is -2.29. The zero-order valence-corrected chi connectivity index (χ0v) is 17.4. The van der Waals surface area contributed by atoms with Crippen LogP contribution in [-0.4, -0.2) is 25.7 Å². The van der Waals surface area contributed by atoms with Crippen molar-refractivity contribution in [3.8, 4) is 5.13 Å². The summed E-state index contributed by atoms with van der Waals surface area (Å²) in [6, 6.07) is 12.8. The Labute approximate surface area is 177 Å². The van der Waals surface area contributed by atoms with Gasteiger partial charge in [-0.05, 0) is 49.2 Å². The number of aryl methyl sites for hydroxylation is 2. The molecule has 0 aliphatic carbocycles. The Morgan fingerprint density at radius 2 is 1.97 bits per heavy atom. The van der Waals surface area contributed by atoms with E-state index < -0.39 is 0 Å². The molecule has 146 valence electrons. The molecular weight excluding hydrogens is 406 g/mol.